The molecule has 7 heteroatoms. The van der Waals surface area contributed by atoms with Crippen LogP contribution >= 0.6 is 0 Å². The van der Waals surface area contributed by atoms with Gasteiger partial charge >= 0.3 is 5.97 Å². The molecular weight excluding hydrogens is 280 g/mol. The van der Waals surface area contributed by atoms with Gasteiger partial charge in [0.25, 0.3) is 10.2 Å². The highest BCUT2D eigenvalue weighted by molar-refractivity contribution is 7.90. The first kappa shape index (κ1) is 16.2. The lowest BCUT2D eigenvalue weighted by atomic mass is 10.1. The van der Waals surface area contributed by atoms with E-state index in [1.54, 1.807) is 18.2 Å². The van der Waals surface area contributed by atoms with Gasteiger partial charge in [-0.3, -0.25) is 4.72 Å². The molecule has 0 heterocycles. The first-order chi connectivity index (χ1) is 9.34. The second kappa shape index (κ2) is 7.06. The Balaban J connectivity index is 2.93. The Morgan fingerprint density at radius 3 is 2.70 bits per heavy atom. The summed E-state index contributed by atoms with van der Waals surface area (Å²) in [6, 6.07) is 4.93. The Kier molecular flexibility index (Phi) is 5.72. The highest BCUT2D eigenvalue weighted by Gasteiger charge is 2.09. The zero-order valence-electron chi connectivity index (χ0n) is 11.4. The van der Waals surface area contributed by atoms with Crippen molar-refractivity contribution in [3.05, 3.63) is 35.4 Å². The minimum absolute atomic E-state index is 0.354. The molecule has 20 heavy (non-hydrogen) atoms. The van der Waals surface area contributed by atoms with Crippen LogP contribution in [0.2, 0.25) is 0 Å². The van der Waals surface area contributed by atoms with Crippen molar-refractivity contribution in [1.82, 2.24) is 4.72 Å². The lowest BCUT2D eigenvalue weighted by Gasteiger charge is -2.10. The quantitative estimate of drug-likeness (QED) is 0.668. The van der Waals surface area contributed by atoms with Crippen LogP contribution in [0.5, 0.6) is 0 Å². The normalized spacial score (nSPS) is 11.7. The molecule has 0 unspecified atom stereocenters. The van der Waals surface area contributed by atoms with Gasteiger partial charge in [-0.2, -0.15) is 13.1 Å². The van der Waals surface area contributed by atoms with Crippen LogP contribution < -0.4 is 9.44 Å². The number of carbonyl (C=O) groups is 1. The van der Waals surface area contributed by atoms with Gasteiger partial charge in [0.2, 0.25) is 0 Å². The molecule has 0 saturated carbocycles. The predicted octanol–water partition coefficient (Wildman–Crippen LogP) is 1.75. The smallest absolute Gasteiger partial charge is 0.328 e. The Morgan fingerprint density at radius 1 is 1.40 bits per heavy atom. The summed E-state index contributed by atoms with van der Waals surface area (Å²) in [5.74, 6) is -1.06. The maximum Gasteiger partial charge on any atom is 0.328 e. The summed E-state index contributed by atoms with van der Waals surface area (Å²) in [6.07, 6.45) is 3.13. The van der Waals surface area contributed by atoms with E-state index < -0.39 is 16.2 Å². The van der Waals surface area contributed by atoms with E-state index in [4.69, 9.17) is 5.11 Å². The molecule has 0 aromatic heterocycles. The largest absolute Gasteiger partial charge is 0.478 e. The molecule has 6 nitrogen and oxygen atoms in total. The maximum absolute atomic E-state index is 11.7. The summed E-state index contributed by atoms with van der Waals surface area (Å²) >= 11 is 0. The second-order valence-electron chi connectivity index (χ2n) is 4.24. The summed E-state index contributed by atoms with van der Waals surface area (Å²) in [4.78, 5) is 10.5. The van der Waals surface area contributed by atoms with Crippen molar-refractivity contribution < 1.29 is 18.3 Å². The maximum atomic E-state index is 11.7. The molecule has 0 fully saturated rings. The zero-order chi connectivity index (χ0) is 15.2. The molecule has 0 bridgehead atoms. The van der Waals surface area contributed by atoms with Gasteiger partial charge in [-0.05, 0) is 42.7 Å². The van der Waals surface area contributed by atoms with E-state index in [2.05, 4.69) is 9.44 Å². The molecule has 0 radical (unpaired) electrons. The molecule has 0 aliphatic rings. The predicted molar refractivity (Wildman–Crippen MR) is 78.7 cm³/mol. The van der Waals surface area contributed by atoms with Gasteiger partial charge in [0.1, 0.15) is 0 Å². The number of carboxylic acid groups (broad SMARTS) is 1. The molecular formula is C13H18N2O4S. The fourth-order valence-electron chi connectivity index (χ4n) is 1.47. The molecule has 3 N–H and O–H groups in total. The Labute approximate surface area is 118 Å². The molecule has 0 saturated heterocycles. The first-order valence-electron chi connectivity index (χ1n) is 6.13. The third kappa shape index (κ3) is 5.41. The van der Waals surface area contributed by atoms with Gasteiger partial charge in [0.15, 0.2) is 0 Å². The van der Waals surface area contributed by atoms with Crippen molar-refractivity contribution >= 4 is 27.9 Å². The van der Waals surface area contributed by atoms with Crippen molar-refractivity contribution in [1.29, 1.82) is 0 Å². The van der Waals surface area contributed by atoms with Crippen LogP contribution in [0.1, 0.15) is 24.5 Å². The van der Waals surface area contributed by atoms with Gasteiger partial charge in [-0.15, -0.1) is 0 Å². The standard InChI is InChI=1S/C13H18N2O4S/c1-3-8-14-20(18,19)15-12-6-4-10(2)11(9-12)5-7-13(16)17/h4-7,9,14-15H,3,8H2,1-2H3,(H,16,17)/b7-5+. The number of rotatable bonds is 7. The average molecular weight is 298 g/mol. The minimum atomic E-state index is -3.60. The zero-order valence-corrected chi connectivity index (χ0v) is 12.2. The number of hydrogen-bond acceptors (Lipinski definition) is 3. The van der Waals surface area contributed by atoms with E-state index in [1.807, 2.05) is 13.8 Å². The minimum Gasteiger partial charge on any atom is -0.478 e. The van der Waals surface area contributed by atoms with Crippen molar-refractivity contribution in [2.24, 2.45) is 0 Å². The van der Waals surface area contributed by atoms with Crippen molar-refractivity contribution in [3.8, 4) is 0 Å². The van der Waals surface area contributed by atoms with E-state index in [0.29, 0.717) is 24.2 Å². The molecule has 110 valence electrons. The molecule has 1 rings (SSSR count). The first-order valence-corrected chi connectivity index (χ1v) is 7.61. The molecule has 0 aliphatic heterocycles. The summed E-state index contributed by atoms with van der Waals surface area (Å²) in [5, 5.41) is 8.61. The average Bonchev–Trinajstić information content (AvgIpc) is 2.36. The van der Waals surface area contributed by atoms with E-state index in [0.717, 1.165) is 11.6 Å². The van der Waals surface area contributed by atoms with E-state index in [9.17, 15) is 13.2 Å². The van der Waals surface area contributed by atoms with Crippen LogP contribution in [0.15, 0.2) is 24.3 Å². The fourth-order valence-corrected chi connectivity index (χ4v) is 2.45. The number of carboxylic acids is 1. The van der Waals surface area contributed by atoms with E-state index in [-0.39, 0.29) is 0 Å². The van der Waals surface area contributed by atoms with Crippen molar-refractivity contribution in [3.63, 3.8) is 0 Å². The van der Waals surface area contributed by atoms with Crippen LogP contribution in [0.3, 0.4) is 0 Å². The van der Waals surface area contributed by atoms with Crippen molar-refractivity contribution in [2.75, 3.05) is 11.3 Å². The molecule has 0 aliphatic carbocycles. The van der Waals surface area contributed by atoms with E-state index in [1.165, 1.54) is 6.08 Å². The highest BCUT2D eigenvalue weighted by Crippen LogP contribution is 2.17. The Bertz CT molecular complexity index is 609. The number of hydrogen-bond donors (Lipinski definition) is 3. The van der Waals surface area contributed by atoms with Crippen molar-refractivity contribution in [2.45, 2.75) is 20.3 Å². The number of aryl methyl sites for hydroxylation is 1. The van der Waals surface area contributed by atoms with Crippen LogP contribution in [-0.4, -0.2) is 26.0 Å². The monoisotopic (exact) mass is 298 g/mol. The molecule has 1 aromatic rings. The SMILES string of the molecule is CCCNS(=O)(=O)Nc1ccc(C)c(/C=C/C(=O)O)c1. The van der Waals surface area contributed by atoms with Crippen LogP contribution in [0, 0.1) is 6.92 Å². The number of nitrogens with one attached hydrogen (secondary N) is 2. The fraction of sp³-hybridized carbons (Fsp3) is 0.308. The van der Waals surface area contributed by atoms with Gasteiger partial charge < -0.3 is 5.11 Å². The summed E-state index contributed by atoms with van der Waals surface area (Å²) in [5.41, 5.74) is 1.87. The Morgan fingerprint density at radius 2 is 2.10 bits per heavy atom. The van der Waals surface area contributed by atoms with Gasteiger partial charge in [0.05, 0.1) is 5.69 Å². The second-order valence-corrected chi connectivity index (χ2v) is 5.74. The summed E-state index contributed by atoms with van der Waals surface area (Å²) in [7, 11) is -3.60. The van der Waals surface area contributed by atoms with E-state index >= 15 is 0 Å². The van der Waals surface area contributed by atoms with Crippen LogP contribution in [0.4, 0.5) is 5.69 Å². The lowest BCUT2D eigenvalue weighted by molar-refractivity contribution is -0.131. The topological polar surface area (TPSA) is 95.5 Å². The van der Waals surface area contributed by atoms with Gasteiger partial charge in [0, 0.05) is 12.6 Å². The third-order valence-electron chi connectivity index (χ3n) is 2.48. The lowest BCUT2D eigenvalue weighted by Crippen LogP contribution is -2.30. The van der Waals surface area contributed by atoms with Gasteiger partial charge in [-0.1, -0.05) is 13.0 Å². The summed E-state index contributed by atoms with van der Waals surface area (Å²) < 4.78 is 28.2. The molecule has 0 amide bonds. The third-order valence-corrected chi connectivity index (χ3v) is 3.57. The Hall–Kier alpha value is -1.86. The number of benzene rings is 1. The molecule has 0 spiro atoms. The van der Waals surface area contributed by atoms with Gasteiger partial charge in [-0.25, -0.2) is 4.79 Å². The van der Waals surface area contributed by atoms with Crippen LogP contribution in [0.25, 0.3) is 6.08 Å². The van der Waals surface area contributed by atoms with Crippen LogP contribution in [-0.2, 0) is 15.0 Å². The molecule has 0 atom stereocenters. The summed E-state index contributed by atoms with van der Waals surface area (Å²) in [6.45, 7) is 4.03. The number of anilines is 1. The number of aliphatic carboxylic acids is 1. The highest BCUT2D eigenvalue weighted by atomic mass is 32.2. The molecule has 1 aromatic carbocycles.